The molecule has 1 heterocycles. The van der Waals surface area contributed by atoms with Gasteiger partial charge in [-0.15, -0.1) is 10.2 Å². The van der Waals surface area contributed by atoms with Crippen molar-refractivity contribution in [2.75, 3.05) is 6.54 Å². The first-order valence-electron chi connectivity index (χ1n) is 5.95. The van der Waals surface area contributed by atoms with Crippen LogP contribution in [0.25, 0.3) is 11.5 Å². The van der Waals surface area contributed by atoms with E-state index in [0.717, 1.165) is 17.7 Å². The summed E-state index contributed by atoms with van der Waals surface area (Å²) in [5.41, 5.74) is 1.77. The van der Waals surface area contributed by atoms with Gasteiger partial charge in [0.25, 0.3) is 0 Å². The number of aromatic nitrogens is 2. The summed E-state index contributed by atoms with van der Waals surface area (Å²) in [5, 5.41) is 12.0. The number of aryl methyl sites for hydroxylation is 1. The van der Waals surface area contributed by atoms with E-state index in [9.17, 15) is 0 Å². The van der Waals surface area contributed by atoms with E-state index in [1.165, 1.54) is 0 Å². The Bertz CT molecular complexity index is 539. The van der Waals surface area contributed by atoms with Gasteiger partial charge in [0.2, 0.25) is 11.8 Å². The first-order chi connectivity index (χ1) is 8.63. The molecule has 1 N–H and O–H groups in total. The fourth-order valence-electron chi connectivity index (χ4n) is 1.72. The Morgan fingerprint density at radius 3 is 2.89 bits per heavy atom. The maximum absolute atomic E-state index is 6.23. The van der Waals surface area contributed by atoms with Crippen molar-refractivity contribution in [3.05, 3.63) is 34.7 Å². The molecule has 0 aliphatic carbocycles. The van der Waals surface area contributed by atoms with Crippen LogP contribution >= 0.6 is 11.6 Å². The Kier molecular flexibility index (Phi) is 3.99. The van der Waals surface area contributed by atoms with E-state index in [1.807, 2.05) is 39.0 Å². The second-order valence-corrected chi connectivity index (χ2v) is 4.54. The lowest BCUT2D eigenvalue weighted by atomic mass is 10.1. The first-order valence-corrected chi connectivity index (χ1v) is 6.33. The third kappa shape index (κ3) is 2.54. The van der Waals surface area contributed by atoms with Crippen molar-refractivity contribution in [1.29, 1.82) is 0 Å². The standard InChI is InChI=1S/C13H16ClN3O/c1-4-15-9(3)12-16-17-13(18-12)10-7-5-6-8(2)11(10)14/h5-7,9,15H,4H2,1-3H3. The minimum absolute atomic E-state index is 0.0415. The van der Waals surface area contributed by atoms with Crippen molar-refractivity contribution in [2.24, 2.45) is 0 Å². The summed E-state index contributed by atoms with van der Waals surface area (Å²) in [7, 11) is 0. The van der Waals surface area contributed by atoms with Gasteiger partial charge in [-0.1, -0.05) is 30.7 Å². The SMILES string of the molecule is CCNC(C)c1nnc(-c2cccc(C)c2Cl)o1. The first kappa shape index (κ1) is 13.1. The van der Waals surface area contributed by atoms with Crippen LogP contribution in [0.1, 0.15) is 31.3 Å². The zero-order chi connectivity index (χ0) is 13.1. The highest BCUT2D eigenvalue weighted by molar-refractivity contribution is 6.33. The topological polar surface area (TPSA) is 51.0 Å². The summed E-state index contributed by atoms with van der Waals surface area (Å²) in [6.45, 7) is 6.82. The minimum atomic E-state index is 0.0415. The van der Waals surface area contributed by atoms with Crippen LogP contribution in [0.5, 0.6) is 0 Å². The molecule has 0 amide bonds. The summed E-state index contributed by atoms with van der Waals surface area (Å²) < 4.78 is 5.65. The molecule has 2 aromatic rings. The summed E-state index contributed by atoms with van der Waals surface area (Å²) >= 11 is 6.23. The van der Waals surface area contributed by atoms with Crippen LogP contribution < -0.4 is 5.32 Å². The average Bonchev–Trinajstić information content (AvgIpc) is 2.82. The molecule has 1 atom stereocenters. The molecular formula is C13H16ClN3O. The molecule has 0 aliphatic rings. The van der Waals surface area contributed by atoms with Gasteiger partial charge in [-0.2, -0.15) is 0 Å². The van der Waals surface area contributed by atoms with Gasteiger partial charge in [0.1, 0.15) is 0 Å². The zero-order valence-electron chi connectivity index (χ0n) is 10.7. The number of nitrogens with one attached hydrogen (secondary N) is 1. The van der Waals surface area contributed by atoms with Gasteiger partial charge in [0.15, 0.2) is 0 Å². The molecule has 0 radical (unpaired) electrons. The smallest absolute Gasteiger partial charge is 0.249 e. The molecule has 0 saturated carbocycles. The molecular weight excluding hydrogens is 250 g/mol. The second kappa shape index (κ2) is 5.50. The van der Waals surface area contributed by atoms with E-state index in [-0.39, 0.29) is 6.04 Å². The highest BCUT2D eigenvalue weighted by Crippen LogP contribution is 2.30. The second-order valence-electron chi connectivity index (χ2n) is 4.16. The van der Waals surface area contributed by atoms with Crippen molar-refractivity contribution >= 4 is 11.6 Å². The molecule has 0 fully saturated rings. The van der Waals surface area contributed by atoms with Crippen LogP contribution in [0.2, 0.25) is 5.02 Å². The summed E-state index contributed by atoms with van der Waals surface area (Å²) in [6, 6.07) is 5.79. The van der Waals surface area contributed by atoms with Crippen molar-refractivity contribution in [3.8, 4) is 11.5 Å². The molecule has 2 rings (SSSR count). The Morgan fingerprint density at radius 2 is 2.17 bits per heavy atom. The van der Waals surface area contributed by atoms with Crippen LogP contribution in [0, 0.1) is 6.92 Å². The van der Waals surface area contributed by atoms with Crippen LogP contribution in [0.3, 0.4) is 0 Å². The van der Waals surface area contributed by atoms with Crippen LogP contribution in [0.15, 0.2) is 22.6 Å². The summed E-state index contributed by atoms with van der Waals surface area (Å²) in [4.78, 5) is 0. The zero-order valence-corrected chi connectivity index (χ0v) is 11.5. The van der Waals surface area contributed by atoms with E-state index >= 15 is 0 Å². The van der Waals surface area contributed by atoms with Crippen LogP contribution in [-0.4, -0.2) is 16.7 Å². The van der Waals surface area contributed by atoms with Crippen molar-refractivity contribution in [1.82, 2.24) is 15.5 Å². The number of hydrogen-bond acceptors (Lipinski definition) is 4. The molecule has 18 heavy (non-hydrogen) atoms. The van der Waals surface area contributed by atoms with Gasteiger partial charge in [0, 0.05) is 0 Å². The average molecular weight is 266 g/mol. The molecule has 0 aliphatic heterocycles. The predicted octanol–water partition coefficient (Wildman–Crippen LogP) is 3.37. The lowest BCUT2D eigenvalue weighted by Gasteiger charge is -2.06. The molecule has 96 valence electrons. The number of rotatable bonds is 4. The monoisotopic (exact) mass is 265 g/mol. The molecule has 5 heteroatoms. The van der Waals surface area contributed by atoms with E-state index in [1.54, 1.807) is 0 Å². The van der Waals surface area contributed by atoms with Crippen LogP contribution in [-0.2, 0) is 0 Å². The third-order valence-corrected chi connectivity index (χ3v) is 3.25. The number of benzene rings is 1. The lowest BCUT2D eigenvalue weighted by molar-refractivity contribution is 0.429. The summed E-state index contributed by atoms with van der Waals surface area (Å²) in [6.07, 6.45) is 0. The normalized spacial score (nSPS) is 12.7. The van der Waals surface area contributed by atoms with Gasteiger partial charge >= 0.3 is 0 Å². The largest absolute Gasteiger partial charge is 0.419 e. The van der Waals surface area contributed by atoms with Crippen molar-refractivity contribution < 1.29 is 4.42 Å². The molecule has 0 spiro atoms. The van der Waals surface area contributed by atoms with Crippen LogP contribution in [0.4, 0.5) is 0 Å². The Balaban J connectivity index is 2.32. The minimum Gasteiger partial charge on any atom is -0.419 e. The van der Waals surface area contributed by atoms with Gasteiger partial charge in [-0.25, -0.2) is 0 Å². The maximum atomic E-state index is 6.23. The van der Waals surface area contributed by atoms with Gasteiger partial charge in [-0.05, 0) is 32.0 Å². The quantitative estimate of drug-likeness (QED) is 0.921. The van der Waals surface area contributed by atoms with Gasteiger partial charge in [0.05, 0.1) is 16.6 Å². The third-order valence-electron chi connectivity index (χ3n) is 2.74. The molecule has 0 bridgehead atoms. The molecule has 1 aromatic carbocycles. The Labute approximate surface area is 111 Å². The maximum Gasteiger partial charge on any atom is 0.249 e. The molecule has 1 aromatic heterocycles. The Hall–Kier alpha value is -1.39. The fraction of sp³-hybridized carbons (Fsp3) is 0.385. The van der Waals surface area contributed by atoms with E-state index in [0.29, 0.717) is 16.8 Å². The molecule has 1 unspecified atom stereocenters. The van der Waals surface area contributed by atoms with Crippen molar-refractivity contribution in [2.45, 2.75) is 26.8 Å². The van der Waals surface area contributed by atoms with E-state index in [4.69, 9.17) is 16.0 Å². The highest BCUT2D eigenvalue weighted by Gasteiger charge is 2.16. The molecule has 0 saturated heterocycles. The molecule has 4 nitrogen and oxygen atoms in total. The number of nitrogens with zero attached hydrogens (tertiary/aromatic N) is 2. The summed E-state index contributed by atoms with van der Waals surface area (Å²) in [5.74, 6) is 1.04. The van der Waals surface area contributed by atoms with Gasteiger partial charge < -0.3 is 9.73 Å². The lowest BCUT2D eigenvalue weighted by Crippen LogP contribution is -2.17. The van der Waals surface area contributed by atoms with Crippen molar-refractivity contribution in [3.63, 3.8) is 0 Å². The fourth-order valence-corrected chi connectivity index (χ4v) is 1.93. The predicted molar refractivity (Wildman–Crippen MR) is 71.6 cm³/mol. The number of hydrogen-bond donors (Lipinski definition) is 1. The van der Waals surface area contributed by atoms with E-state index in [2.05, 4.69) is 15.5 Å². The number of halogens is 1. The van der Waals surface area contributed by atoms with Gasteiger partial charge in [-0.3, -0.25) is 0 Å². The Morgan fingerprint density at radius 1 is 1.39 bits per heavy atom. The van der Waals surface area contributed by atoms with E-state index < -0.39 is 0 Å². The highest BCUT2D eigenvalue weighted by atomic mass is 35.5.